The van der Waals surface area contributed by atoms with Crippen LogP contribution in [0.25, 0.3) is 0 Å². The minimum absolute atomic E-state index is 0.485. The molecule has 0 atom stereocenters. The fourth-order valence-corrected chi connectivity index (χ4v) is 3.88. The lowest BCUT2D eigenvalue weighted by molar-refractivity contribution is 0.287. The number of ether oxygens (including phenoxy) is 2. The zero-order valence-corrected chi connectivity index (χ0v) is 16.2. The van der Waals surface area contributed by atoms with Gasteiger partial charge in [0.25, 0.3) is 0 Å². The largest absolute Gasteiger partial charge is 0.490 e. The summed E-state index contributed by atoms with van der Waals surface area (Å²) in [5, 5.41) is 9.15. The van der Waals surface area contributed by atoms with Crippen molar-refractivity contribution in [1.29, 1.82) is 0 Å². The summed E-state index contributed by atoms with van der Waals surface area (Å²) in [4.78, 5) is 0. The van der Waals surface area contributed by atoms with E-state index in [2.05, 4.69) is 26.1 Å². The number of hydrogen-bond donors (Lipinski definition) is 1. The second kappa shape index (κ2) is 7.65. The second-order valence-electron chi connectivity index (χ2n) is 5.53. The zero-order chi connectivity index (χ0) is 17.1. The van der Waals surface area contributed by atoms with Gasteiger partial charge in [-0.25, -0.2) is 4.68 Å². The molecule has 1 aromatic carbocycles. The summed E-state index contributed by atoms with van der Waals surface area (Å²) in [5.74, 6) is 9.69. The van der Waals surface area contributed by atoms with E-state index >= 15 is 0 Å². The van der Waals surface area contributed by atoms with Gasteiger partial charge < -0.3 is 15.3 Å². The molecule has 1 fully saturated rings. The van der Waals surface area contributed by atoms with Crippen molar-refractivity contribution in [3.63, 3.8) is 0 Å². The van der Waals surface area contributed by atoms with Crippen LogP contribution in [0.5, 0.6) is 11.5 Å². The van der Waals surface area contributed by atoms with Crippen LogP contribution in [0.3, 0.4) is 0 Å². The summed E-state index contributed by atoms with van der Waals surface area (Å²) in [6, 6.07) is 3.96. The highest BCUT2D eigenvalue weighted by molar-refractivity contribution is 9.10. The van der Waals surface area contributed by atoms with Gasteiger partial charge in [0.15, 0.2) is 17.3 Å². The molecule has 0 bridgehead atoms. The molecule has 1 aromatic heterocycles. The molecule has 0 radical (unpaired) electrons. The number of nitrogen functional groups attached to an aromatic ring is 1. The van der Waals surface area contributed by atoms with Crippen LogP contribution < -0.4 is 15.3 Å². The van der Waals surface area contributed by atoms with E-state index in [-0.39, 0.29) is 0 Å². The van der Waals surface area contributed by atoms with Gasteiger partial charge in [-0.3, -0.25) is 0 Å². The van der Waals surface area contributed by atoms with E-state index < -0.39 is 0 Å². The molecule has 24 heavy (non-hydrogen) atoms. The van der Waals surface area contributed by atoms with Gasteiger partial charge in [0, 0.05) is 16.1 Å². The van der Waals surface area contributed by atoms with Gasteiger partial charge in [0.2, 0.25) is 5.16 Å². The van der Waals surface area contributed by atoms with Crippen molar-refractivity contribution in [2.75, 3.05) is 19.1 Å². The summed E-state index contributed by atoms with van der Waals surface area (Å²) < 4.78 is 13.9. The van der Waals surface area contributed by atoms with Crippen molar-refractivity contribution in [3.8, 4) is 11.5 Å². The normalized spacial score (nSPS) is 14.0. The first-order valence-corrected chi connectivity index (χ1v) is 9.83. The first-order valence-electron chi connectivity index (χ1n) is 8.05. The zero-order valence-electron chi connectivity index (χ0n) is 13.8. The topological polar surface area (TPSA) is 75.2 Å². The lowest BCUT2D eigenvalue weighted by Gasteiger charge is -2.14. The molecule has 2 aromatic rings. The maximum atomic E-state index is 6.10. The maximum Gasteiger partial charge on any atom is 0.210 e. The molecule has 0 saturated heterocycles. The molecule has 1 aliphatic rings. The molecule has 130 valence electrons. The van der Waals surface area contributed by atoms with E-state index in [9.17, 15) is 0 Å². The second-order valence-corrected chi connectivity index (χ2v) is 7.33. The number of rotatable bonds is 8. The van der Waals surface area contributed by atoms with Crippen molar-refractivity contribution in [2.24, 2.45) is 0 Å². The molecule has 0 unspecified atom stereocenters. The molecular formula is C16H21BrN4O2S. The van der Waals surface area contributed by atoms with Gasteiger partial charge in [-0.15, -0.1) is 10.2 Å². The molecular weight excluding hydrogens is 392 g/mol. The highest BCUT2D eigenvalue weighted by Gasteiger charge is 2.29. The first-order chi connectivity index (χ1) is 11.6. The van der Waals surface area contributed by atoms with Crippen LogP contribution in [0.15, 0.2) is 21.8 Å². The van der Waals surface area contributed by atoms with Crippen LogP contribution >= 0.6 is 27.7 Å². The number of benzene rings is 1. The number of nitrogens with two attached hydrogens (primary N) is 1. The summed E-state index contributed by atoms with van der Waals surface area (Å²) in [7, 11) is 0. The third-order valence-electron chi connectivity index (χ3n) is 3.70. The lowest BCUT2D eigenvalue weighted by Crippen LogP contribution is -2.13. The molecule has 1 heterocycles. The average molecular weight is 413 g/mol. The fourth-order valence-electron chi connectivity index (χ4n) is 2.37. The van der Waals surface area contributed by atoms with Gasteiger partial charge in [0.1, 0.15) is 0 Å². The van der Waals surface area contributed by atoms with Gasteiger partial charge >= 0.3 is 0 Å². The smallest absolute Gasteiger partial charge is 0.210 e. The van der Waals surface area contributed by atoms with Crippen LogP contribution in [0, 0.1) is 0 Å². The predicted molar refractivity (Wildman–Crippen MR) is 98.2 cm³/mol. The fraction of sp³-hybridized carbons (Fsp3) is 0.500. The monoisotopic (exact) mass is 412 g/mol. The van der Waals surface area contributed by atoms with E-state index in [4.69, 9.17) is 15.3 Å². The summed E-state index contributed by atoms with van der Waals surface area (Å²) >= 11 is 5.17. The minimum atomic E-state index is 0.485. The Kier molecular flexibility index (Phi) is 5.55. The highest BCUT2D eigenvalue weighted by atomic mass is 79.9. The molecule has 2 N–H and O–H groups in total. The Balaban J connectivity index is 1.75. The third kappa shape index (κ3) is 3.80. The Hall–Kier alpha value is -1.41. The number of thioether (sulfide) groups is 1. The van der Waals surface area contributed by atoms with Crippen molar-refractivity contribution in [1.82, 2.24) is 14.9 Å². The van der Waals surface area contributed by atoms with Crippen LogP contribution in [0.1, 0.15) is 44.0 Å². The SMILES string of the molecule is CCOc1cc(Br)c(CSc2nnc(C3CC3)n2N)cc1OCC. The Morgan fingerprint density at radius 2 is 1.88 bits per heavy atom. The van der Waals surface area contributed by atoms with Crippen LogP contribution in [-0.2, 0) is 5.75 Å². The molecule has 0 aliphatic heterocycles. The Labute approximate surface area is 154 Å². The molecule has 8 heteroatoms. The Bertz CT molecular complexity index is 718. The van der Waals surface area contributed by atoms with Gasteiger partial charge in [-0.1, -0.05) is 27.7 Å². The number of aromatic nitrogens is 3. The van der Waals surface area contributed by atoms with Crippen molar-refractivity contribution >= 4 is 27.7 Å². The summed E-state index contributed by atoms with van der Waals surface area (Å²) in [5.41, 5.74) is 1.10. The van der Waals surface area contributed by atoms with E-state index in [1.807, 2.05) is 26.0 Å². The Morgan fingerprint density at radius 1 is 1.21 bits per heavy atom. The molecule has 1 aliphatic carbocycles. The van der Waals surface area contributed by atoms with Gasteiger partial charge in [-0.2, -0.15) is 0 Å². The number of nitrogens with zero attached hydrogens (tertiary/aromatic N) is 3. The molecule has 1 saturated carbocycles. The van der Waals surface area contributed by atoms with E-state index in [0.717, 1.165) is 45.4 Å². The predicted octanol–water partition coefficient (Wildman–Crippen LogP) is 3.72. The first kappa shape index (κ1) is 17.4. The summed E-state index contributed by atoms with van der Waals surface area (Å²) in [6.45, 7) is 5.11. The van der Waals surface area contributed by atoms with Crippen LogP contribution in [-0.4, -0.2) is 28.1 Å². The average Bonchev–Trinajstić information content (AvgIpc) is 3.33. The minimum Gasteiger partial charge on any atom is -0.490 e. The molecule has 0 amide bonds. The van der Waals surface area contributed by atoms with Crippen molar-refractivity contribution < 1.29 is 9.47 Å². The van der Waals surface area contributed by atoms with Gasteiger partial charge in [-0.05, 0) is 44.4 Å². The van der Waals surface area contributed by atoms with Crippen LogP contribution in [0.4, 0.5) is 0 Å². The van der Waals surface area contributed by atoms with Gasteiger partial charge in [0.05, 0.1) is 13.2 Å². The molecule has 3 rings (SSSR count). The van der Waals surface area contributed by atoms with E-state index in [0.29, 0.717) is 24.9 Å². The maximum absolute atomic E-state index is 6.10. The van der Waals surface area contributed by atoms with Crippen LogP contribution in [0.2, 0.25) is 0 Å². The molecule has 6 nitrogen and oxygen atoms in total. The van der Waals surface area contributed by atoms with E-state index in [1.54, 1.807) is 16.4 Å². The van der Waals surface area contributed by atoms with E-state index in [1.165, 1.54) is 0 Å². The quantitative estimate of drug-likeness (QED) is 0.525. The number of halogens is 1. The highest BCUT2D eigenvalue weighted by Crippen LogP contribution is 2.40. The summed E-state index contributed by atoms with van der Waals surface area (Å²) in [6.07, 6.45) is 2.31. The third-order valence-corrected chi connectivity index (χ3v) is 5.43. The lowest BCUT2D eigenvalue weighted by atomic mass is 10.2. The standard InChI is InChI=1S/C16H21BrN4O2S/c1-3-22-13-7-11(12(17)8-14(13)23-4-2)9-24-16-20-19-15(21(16)18)10-5-6-10/h7-8,10H,3-6,9,18H2,1-2H3. The Morgan fingerprint density at radius 3 is 2.50 bits per heavy atom. The molecule has 0 spiro atoms. The number of hydrogen-bond acceptors (Lipinski definition) is 6. The van der Waals surface area contributed by atoms with Crippen molar-refractivity contribution in [3.05, 3.63) is 28.0 Å². The van der Waals surface area contributed by atoms with Crippen molar-refractivity contribution in [2.45, 2.75) is 43.5 Å².